The second kappa shape index (κ2) is 4.84. The summed E-state index contributed by atoms with van der Waals surface area (Å²) in [5, 5.41) is 1.75. The monoisotopic (exact) mass is 294 g/mol. The molecule has 0 aliphatic rings. The molecule has 0 amide bonds. The van der Waals surface area contributed by atoms with E-state index in [1.54, 1.807) is 23.0 Å². The van der Waals surface area contributed by atoms with Crippen molar-refractivity contribution < 1.29 is 0 Å². The lowest BCUT2D eigenvalue weighted by Gasteiger charge is -2.05. The first-order chi connectivity index (χ1) is 7.58. The van der Waals surface area contributed by atoms with E-state index < -0.39 is 0 Å². The third kappa shape index (κ3) is 2.46. The fraction of sp³-hybridized carbons (Fsp3) is 0.100. The summed E-state index contributed by atoms with van der Waals surface area (Å²) in [7, 11) is 0. The zero-order valence-electron chi connectivity index (χ0n) is 7.92. The van der Waals surface area contributed by atoms with E-state index in [1.807, 2.05) is 6.07 Å². The molecule has 1 aromatic carbocycles. The summed E-state index contributed by atoms with van der Waals surface area (Å²) in [5.74, 6) is 0. The quantitative estimate of drug-likeness (QED) is 0.795. The summed E-state index contributed by atoms with van der Waals surface area (Å²) in [6, 6.07) is 5.40. The Morgan fingerprint density at radius 1 is 1.06 bits per heavy atom. The van der Waals surface area contributed by atoms with Crippen LogP contribution in [0.1, 0.15) is 5.56 Å². The molecule has 0 spiro atoms. The smallest absolute Gasteiger partial charge is 0.166 e. The number of benzene rings is 1. The number of hydrogen-bond acceptors (Lipinski definition) is 1. The lowest BCUT2D eigenvalue weighted by Crippen LogP contribution is -1.97. The van der Waals surface area contributed by atoms with Crippen LogP contribution < -0.4 is 0 Å². The van der Waals surface area contributed by atoms with E-state index in [0.717, 1.165) is 5.56 Å². The Morgan fingerprint density at radius 2 is 1.81 bits per heavy atom. The SMILES string of the molecule is Clc1ccc(Cn2cnc(Cl)c2Cl)cc1Cl. The Balaban J connectivity index is 2.27. The van der Waals surface area contributed by atoms with Crippen molar-refractivity contribution in [3.8, 4) is 0 Å². The van der Waals surface area contributed by atoms with E-state index >= 15 is 0 Å². The van der Waals surface area contributed by atoms with Crippen molar-refractivity contribution in [1.29, 1.82) is 0 Å². The van der Waals surface area contributed by atoms with Gasteiger partial charge in [-0.05, 0) is 17.7 Å². The molecule has 1 aromatic heterocycles. The molecule has 0 atom stereocenters. The Hall–Kier alpha value is -0.410. The molecule has 0 aliphatic carbocycles. The van der Waals surface area contributed by atoms with Crippen LogP contribution >= 0.6 is 46.4 Å². The highest BCUT2D eigenvalue weighted by molar-refractivity contribution is 6.42. The molecule has 6 heteroatoms. The number of nitrogens with zero attached hydrogens (tertiary/aromatic N) is 2. The summed E-state index contributed by atoms with van der Waals surface area (Å²) in [6.07, 6.45) is 1.58. The average Bonchev–Trinajstić information content (AvgIpc) is 2.55. The number of hydrogen-bond donors (Lipinski definition) is 0. The van der Waals surface area contributed by atoms with Gasteiger partial charge in [0.05, 0.1) is 16.4 Å². The summed E-state index contributed by atoms with van der Waals surface area (Å²) in [5.41, 5.74) is 0.977. The van der Waals surface area contributed by atoms with Gasteiger partial charge in [-0.15, -0.1) is 0 Å². The van der Waals surface area contributed by atoms with Crippen molar-refractivity contribution in [1.82, 2.24) is 9.55 Å². The van der Waals surface area contributed by atoms with Gasteiger partial charge < -0.3 is 4.57 Å². The highest BCUT2D eigenvalue weighted by atomic mass is 35.5. The standard InChI is InChI=1S/C10H6Cl4N2/c11-7-2-1-6(3-8(7)12)4-16-5-15-9(13)10(16)14/h1-3,5H,4H2. The molecule has 2 aromatic rings. The minimum atomic E-state index is 0.293. The normalized spacial score (nSPS) is 10.8. The predicted octanol–water partition coefficient (Wildman–Crippen LogP) is 4.55. The minimum absolute atomic E-state index is 0.293. The Bertz CT molecular complexity index is 522. The molecular weight excluding hydrogens is 290 g/mol. The van der Waals surface area contributed by atoms with Gasteiger partial charge in [-0.25, -0.2) is 4.98 Å². The van der Waals surface area contributed by atoms with E-state index in [4.69, 9.17) is 46.4 Å². The maximum Gasteiger partial charge on any atom is 0.166 e. The van der Waals surface area contributed by atoms with Crippen molar-refractivity contribution in [2.45, 2.75) is 6.54 Å². The van der Waals surface area contributed by atoms with Gasteiger partial charge in [0.2, 0.25) is 0 Å². The van der Waals surface area contributed by atoms with Crippen LogP contribution in [-0.4, -0.2) is 9.55 Å². The van der Waals surface area contributed by atoms with Crippen molar-refractivity contribution >= 4 is 46.4 Å². The highest BCUT2D eigenvalue weighted by Gasteiger charge is 2.07. The number of aromatic nitrogens is 2. The number of halogens is 4. The fourth-order valence-electron chi connectivity index (χ4n) is 1.29. The number of imidazole rings is 1. The van der Waals surface area contributed by atoms with E-state index in [2.05, 4.69) is 4.98 Å². The van der Waals surface area contributed by atoms with Gasteiger partial charge in [0.15, 0.2) is 5.15 Å². The molecule has 0 aliphatic heterocycles. The van der Waals surface area contributed by atoms with E-state index in [1.165, 1.54) is 0 Å². The maximum absolute atomic E-state index is 5.94. The summed E-state index contributed by atoms with van der Waals surface area (Å²) >= 11 is 23.4. The first-order valence-corrected chi connectivity index (χ1v) is 5.89. The number of rotatable bonds is 2. The van der Waals surface area contributed by atoms with Crippen LogP contribution in [0.5, 0.6) is 0 Å². The average molecular weight is 296 g/mol. The topological polar surface area (TPSA) is 17.8 Å². The zero-order chi connectivity index (χ0) is 11.7. The zero-order valence-corrected chi connectivity index (χ0v) is 10.9. The van der Waals surface area contributed by atoms with Crippen molar-refractivity contribution in [3.63, 3.8) is 0 Å². The Kier molecular flexibility index (Phi) is 3.65. The van der Waals surface area contributed by atoms with Gasteiger partial charge in [0, 0.05) is 6.54 Å². The summed E-state index contributed by atoms with van der Waals surface area (Å²) in [4.78, 5) is 3.89. The van der Waals surface area contributed by atoms with Gasteiger partial charge in [-0.3, -0.25) is 0 Å². The van der Waals surface area contributed by atoms with Crippen LogP contribution in [0, 0.1) is 0 Å². The van der Waals surface area contributed by atoms with Crippen molar-refractivity contribution in [2.24, 2.45) is 0 Å². The lowest BCUT2D eigenvalue weighted by atomic mass is 10.2. The van der Waals surface area contributed by atoms with Crippen molar-refractivity contribution in [3.05, 3.63) is 50.4 Å². The molecule has 2 rings (SSSR count). The third-order valence-electron chi connectivity index (χ3n) is 2.07. The summed E-state index contributed by atoms with van der Waals surface area (Å²) in [6.45, 7) is 0.551. The van der Waals surface area contributed by atoms with E-state index in [0.29, 0.717) is 26.9 Å². The van der Waals surface area contributed by atoms with Crippen LogP contribution in [-0.2, 0) is 6.54 Å². The predicted molar refractivity (Wildman–Crippen MR) is 67.8 cm³/mol. The molecule has 2 nitrogen and oxygen atoms in total. The molecule has 0 unspecified atom stereocenters. The Morgan fingerprint density at radius 3 is 2.38 bits per heavy atom. The molecular formula is C10H6Cl4N2. The molecule has 0 saturated heterocycles. The van der Waals surface area contributed by atoms with Crippen LogP contribution in [0.2, 0.25) is 20.4 Å². The van der Waals surface area contributed by atoms with Crippen molar-refractivity contribution in [2.75, 3.05) is 0 Å². The molecule has 0 radical (unpaired) electrons. The van der Waals surface area contributed by atoms with E-state index in [9.17, 15) is 0 Å². The van der Waals surface area contributed by atoms with Crippen LogP contribution in [0.15, 0.2) is 24.5 Å². The van der Waals surface area contributed by atoms with Gasteiger partial charge in [-0.2, -0.15) is 0 Å². The second-order valence-corrected chi connectivity index (χ2v) is 4.73. The fourth-order valence-corrected chi connectivity index (χ4v) is 1.91. The van der Waals surface area contributed by atoms with E-state index in [-0.39, 0.29) is 0 Å². The molecule has 16 heavy (non-hydrogen) atoms. The molecule has 84 valence electrons. The molecule has 0 fully saturated rings. The molecule has 1 heterocycles. The van der Waals surface area contributed by atoms with Gasteiger partial charge in [0.25, 0.3) is 0 Å². The maximum atomic E-state index is 5.94. The molecule has 0 saturated carbocycles. The largest absolute Gasteiger partial charge is 0.316 e. The minimum Gasteiger partial charge on any atom is -0.316 e. The Labute approximate surface area is 113 Å². The second-order valence-electron chi connectivity index (χ2n) is 3.20. The molecule has 0 N–H and O–H groups in total. The highest BCUT2D eigenvalue weighted by Crippen LogP contribution is 2.25. The van der Waals surface area contributed by atoms with Crippen LogP contribution in [0.4, 0.5) is 0 Å². The van der Waals surface area contributed by atoms with Gasteiger partial charge in [0.1, 0.15) is 5.15 Å². The van der Waals surface area contributed by atoms with Crippen LogP contribution in [0.3, 0.4) is 0 Å². The summed E-state index contributed by atoms with van der Waals surface area (Å²) < 4.78 is 1.73. The molecule has 0 bridgehead atoms. The van der Waals surface area contributed by atoms with Gasteiger partial charge >= 0.3 is 0 Å². The van der Waals surface area contributed by atoms with Gasteiger partial charge in [-0.1, -0.05) is 52.5 Å². The lowest BCUT2D eigenvalue weighted by molar-refractivity contribution is 0.798. The third-order valence-corrected chi connectivity index (χ3v) is 3.58. The first-order valence-electron chi connectivity index (χ1n) is 4.38. The van der Waals surface area contributed by atoms with Crippen LogP contribution in [0.25, 0.3) is 0 Å². The first kappa shape index (κ1) is 12.1.